The summed E-state index contributed by atoms with van der Waals surface area (Å²) in [6.45, 7) is 1.90. The van der Waals surface area contributed by atoms with Crippen LogP contribution in [0.3, 0.4) is 0 Å². The molecule has 6 heteroatoms. The van der Waals surface area contributed by atoms with Gasteiger partial charge in [0.15, 0.2) is 0 Å². The second kappa shape index (κ2) is 6.45. The lowest BCUT2D eigenvalue weighted by Gasteiger charge is -2.17. The summed E-state index contributed by atoms with van der Waals surface area (Å²) in [6.07, 6.45) is 2.59. The summed E-state index contributed by atoms with van der Waals surface area (Å²) in [6, 6.07) is 12.4. The topological polar surface area (TPSA) is 55.7 Å². The summed E-state index contributed by atoms with van der Waals surface area (Å²) >= 11 is 3.45. The Labute approximate surface area is 144 Å². The highest BCUT2D eigenvalue weighted by molar-refractivity contribution is 9.10. The van der Waals surface area contributed by atoms with Crippen LogP contribution in [0.4, 0.5) is 0 Å². The normalized spacial score (nSPS) is 16.2. The van der Waals surface area contributed by atoms with Crippen LogP contribution in [0.15, 0.2) is 57.0 Å². The smallest absolute Gasteiger partial charge is 0.264 e. The second-order valence-corrected chi connectivity index (χ2v) is 7.98. The monoisotopic (exact) mass is 393 g/mol. The van der Waals surface area contributed by atoms with Crippen LogP contribution in [0.2, 0.25) is 0 Å². The van der Waals surface area contributed by atoms with Crippen molar-refractivity contribution >= 4 is 31.8 Å². The van der Waals surface area contributed by atoms with E-state index in [0.29, 0.717) is 12.1 Å². The van der Waals surface area contributed by atoms with Gasteiger partial charge in [0, 0.05) is 10.0 Å². The molecule has 0 saturated carbocycles. The van der Waals surface area contributed by atoms with Crippen LogP contribution in [0.5, 0.6) is 0 Å². The Kier molecular flexibility index (Phi) is 4.55. The number of nitrogens with zero attached hydrogens (tertiary/aromatic N) is 1. The molecule has 23 heavy (non-hydrogen) atoms. The summed E-state index contributed by atoms with van der Waals surface area (Å²) in [5.41, 5.74) is 3.77. The fraction of sp³-hybridized carbons (Fsp3) is 0.235. The first-order chi connectivity index (χ1) is 11.0. The number of fused-ring (bicyclic) bond motifs is 1. The molecule has 4 nitrogen and oxygen atoms in total. The number of aryl methyl sites for hydroxylation is 2. The van der Waals surface area contributed by atoms with Gasteiger partial charge in [-0.2, -0.15) is 8.42 Å². The van der Waals surface area contributed by atoms with E-state index < -0.39 is 10.1 Å². The lowest BCUT2D eigenvalue weighted by Crippen LogP contribution is -2.13. The molecule has 1 aliphatic carbocycles. The molecule has 0 radical (unpaired) electrons. The third kappa shape index (κ3) is 3.64. The molecule has 0 fully saturated rings. The van der Waals surface area contributed by atoms with E-state index in [0.717, 1.165) is 34.0 Å². The van der Waals surface area contributed by atoms with Crippen molar-refractivity contribution in [1.82, 2.24) is 0 Å². The minimum Gasteiger partial charge on any atom is -0.264 e. The molecular weight excluding hydrogens is 378 g/mol. The molecule has 0 unspecified atom stereocenters. The van der Waals surface area contributed by atoms with Gasteiger partial charge >= 0.3 is 10.1 Å². The predicted molar refractivity (Wildman–Crippen MR) is 93.1 cm³/mol. The highest BCUT2D eigenvalue weighted by Gasteiger charge is 2.19. The number of hydrogen-bond acceptors (Lipinski definition) is 4. The summed E-state index contributed by atoms with van der Waals surface area (Å²) in [5.74, 6) is 0. The zero-order chi connectivity index (χ0) is 16.4. The largest absolute Gasteiger partial charge is 0.358 e. The number of hydrogen-bond donors (Lipinski definition) is 0. The summed E-state index contributed by atoms with van der Waals surface area (Å²) < 4.78 is 30.4. The summed E-state index contributed by atoms with van der Waals surface area (Å²) in [5, 5.41) is 3.94. The standard InChI is InChI=1S/C17H16BrNO3S/c1-12-5-8-15(9-6-12)23(20,21)22-19-17-4-2-3-13-11-14(18)7-10-16(13)17/h5-11H,2-4H2,1H3. The first-order valence-electron chi connectivity index (χ1n) is 7.32. The van der Waals surface area contributed by atoms with E-state index in [9.17, 15) is 8.42 Å². The zero-order valence-corrected chi connectivity index (χ0v) is 15.0. The number of rotatable bonds is 3. The molecule has 2 aromatic carbocycles. The fourth-order valence-electron chi connectivity index (χ4n) is 2.57. The van der Waals surface area contributed by atoms with Crippen molar-refractivity contribution in [2.24, 2.45) is 5.16 Å². The Balaban J connectivity index is 1.88. The summed E-state index contributed by atoms with van der Waals surface area (Å²) in [7, 11) is -3.88. The van der Waals surface area contributed by atoms with E-state index in [1.54, 1.807) is 12.1 Å². The quantitative estimate of drug-likeness (QED) is 0.734. The molecule has 0 heterocycles. The van der Waals surface area contributed by atoms with Crippen LogP contribution in [-0.4, -0.2) is 14.1 Å². The maximum absolute atomic E-state index is 12.2. The molecule has 0 atom stereocenters. The van der Waals surface area contributed by atoms with Crippen LogP contribution in [0.25, 0.3) is 0 Å². The van der Waals surface area contributed by atoms with Gasteiger partial charge < -0.3 is 0 Å². The lowest BCUT2D eigenvalue weighted by molar-refractivity contribution is 0.337. The van der Waals surface area contributed by atoms with Gasteiger partial charge in [0.25, 0.3) is 0 Å². The van der Waals surface area contributed by atoms with Crippen molar-refractivity contribution < 1.29 is 12.7 Å². The van der Waals surface area contributed by atoms with E-state index in [-0.39, 0.29) is 4.90 Å². The first kappa shape index (κ1) is 16.2. The minimum atomic E-state index is -3.88. The Morgan fingerprint density at radius 2 is 1.83 bits per heavy atom. The molecule has 0 aromatic heterocycles. The number of benzene rings is 2. The van der Waals surface area contributed by atoms with Crippen LogP contribution < -0.4 is 0 Å². The molecule has 3 rings (SSSR count). The molecule has 2 aromatic rings. The zero-order valence-electron chi connectivity index (χ0n) is 12.6. The van der Waals surface area contributed by atoms with Crippen molar-refractivity contribution in [1.29, 1.82) is 0 Å². The van der Waals surface area contributed by atoms with Gasteiger partial charge in [0.1, 0.15) is 4.90 Å². The van der Waals surface area contributed by atoms with Gasteiger partial charge in [-0.3, -0.25) is 4.28 Å². The van der Waals surface area contributed by atoms with Gasteiger partial charge in [-0.05, 0) is 56.0 Å². The Morgan fingerprint density at radius 1 is 1.09 bits per heavy atom. The molecule has 0 bridgehead atoms. The van der Waals surface area contributed by atoms with Crippen LogP contribution in [0.1, 0.15) is 29.5 Å². The third-order valence-corrected chi connectivity index (χ3v) is 5.41. The van der Waals surface area contributed by atoms with Crippen molar-refractivity contribution in [2.75, 3.05) is 0 Å². The van der Waals surface area contributed by atoms with Crippen LogP contribution in [0, 0.1) is 6.92 Å². The SMILES string of the molecule is Cc1ccc(S(=O)(=O)ON=C2CCCc3cc(Br)ccc32)cc1. The number of oxime groups is 1. The predicted octanol–water partition coefficient (Wildman–Crippen LogP) is 4.20. The third-order valence-electron chi connectivity index (χ3n) is 3.79. The van der Waals surface area contributed by atoms with Gasteiger partial charge in [0.05, 0.1) is 5.71 Å². The van der Waals surface area contributed by atoms with Crippen molar-refractivity contribution in [2.45, 2.75) is 31.1 Å². The van der Waals surface area contributed by atoms with Crippen molar-refractivity contribution in [3.05, 3.63) is 63.6 Å². The first-order valence-corrected chi connectivity index (χ1v) is 9.52. The molecule has 0 spiro atoms. The summed E-state index contributed by atoms with van der Waals surface area (Å²) in [4.78, 5) is 0.110. The van der Waals surface area contributed by atoms with E-state index in [1.165, 1.54) is 12.1 Å². The maximum atomic E-state index is 12.2. The minimum absolute atomic E-state index is 0.110. The number of halogens is 1. The van der Waals surface area contributed by atoms with E-state index in [4.69, 9.17) is 4.28 Å². The molecular formula is C17H16BrNO3S. The molecule has 0 aliphatic heterocycles. The molecule has 0 amide bonds. The Morgan fingerprint density at radius 3 is 2.57 bits per heavy atom. The second-order valence-electron chi connectivity index (χ2n) is 5.53. The fourth-order valence-corrected chi connectivity index (χ4v) is 3.72. The van der Waals surface area contributed by atoms with Crippen molar-refractivity contribution in [3.63, 3.8) is 0 Å². The molecule has 120 valence electrons. The average Bonchev–Trinajstić information content (AvgIpc) is 2.53. The van der Waals surface area contributed by atoms with E-state index in [2.05, 4.69) is 21.1 Å². The van der Waals surface area contributed by atoms with Gasteiger partial charge in [-0.15, -0.1) is 0 Å². The van der Waals surface area contributed by atoms with E-state index in [1.807, 2.05) is 25.1 Å². The molecule has 1 aliphatic rings. The maximum Gasteiger partial charge on any atom is 0.358 e. The Bertz CT molecular complexity index is 858. The lowest BCUT2D eigenvalue weighted by atomic mass is 9.90. The van der Waals surface area contributed by atoms with Gasteiger partial charge in [-0.1, -0.05) is 44.8 Å². The van der Waals surface area contributed by atoms with Crippen LogP contribution >= 0.6 is 15.9 Å². The van der Waals surface area contributed by atoms with Crippen molar-refractivity contribution in [3.8, 4) is 0 Å². The molecule has 0 N–H and O–H groups in total. The van der Waals surface area contributed by atoms with Gasteiger partial charge in [-0.25, -0.2) is 0 Å². The van der Waals surface area contributed by atoms with Crippen LogP contribution in [-0.2, 0) is 20.8 Å². The highest BCUT2D eigenvalue weighted by Crippen LogP contribution is 2.26. The average molecular weight is 394 g/mol. The van der Waals surface area contributed by atoms with E-state index >= 15 is 0 Å². The Hall–Kier alpha value is -1.66. The van der Waals surface area contributed by atoms with Gasteiger partial charge in [0.2, 0.25) is 0 Å². The highest BCUT2D eigenvalue weighted by atomic mass is 79.9. The molecule has 0 saturated heterocycles.